The van der Waals surface area contributed by atoms with E-state index in [2.05, 4.69) is 45.8 Å². The van der Waals surface area contributed by atoms with Crippen molar-refractivity contribution in [2.75, 3.05) is 26.4 Å². The zero-order valence-electron chi connectivity index (χ0n) is 22.2. The van der Waals surface area contributed by atoms with Crippen molar-refractivity contribution in [1.82, 2.24) is 0 Å². The molecule has 0 radical (unpaired) electrons. The minimum atomic E-state index is -2.32. The molecule has 0 fully saturated rings. The van der Waals surface area contributed by atoms with Gasteiger partial charge in [-0.15, -0.1) is 0 Å². The predicted molar refractivity (Wildman–Crippen MR) is 142 cm³/mol. The Morgan fingerprint density at radius 3 is 1.94 bits per heavy atom. The van der Waals surface area contributed by atoms with E-state index in [1.807, 2.05) is 6.92 Å². The highest BCUT2D eigenvalue weighted by molar-refractivity contribution is 6.87. The lowest BCUT2D eigenvalue weighted by molar-refractivity contribution is -0.145. The van der Waals surface area contributed by atoms with E-state index in [-0.39, 0.29) is 25.4 Å². The molecule has 1 atom stereocenters. The molecule has 0 bridgehead atoms. The normalized spacial score (nSPS) is 14.5. The molecule has 1 rings (SSSR count). The summed E-state index contributed by atoms with van der Waals surface area (Å²) in [7, 11) is -5.82. The molecular weight excluding hydrogens is 485 g/mol. The van der Waals surface area contributed by atoms with Crippen molar-refractivity contribution in [3.63, 3.8) is 0 Å². The number of carbonyl (C=O) groups is 2. The molecule has 7 nitrogen and oxygen atoms in total. The number of esters is 1. The van der Waals surface area contributed by atoms with Gasteiger partial charge < -0.3 is 22.8 Å². The summed E-state index contributed by atoms with van der Waals surface area (Å²) in [5.41, 5.74) is -0.472. The first-order valence-corrected chi connectivity index (χ1v) is 21.3. The van der Waals surface area contributed by atoms with Gasteiger partial charge in [-0.3, -0.25) is 4.79 Å². The van der Waals surface area contributed by atoms with Gasteiger partial charge in [-0.05, 0) is 64.7 Å². The second-order valence-electron chi connectivity index (χ2n) is 11.0. The lowest BCUT2D eigenvalue weighted by atomic mass is 9.88. The van der Waals surface area contributed by atoms with Gasteiger partial charge in [0.1, 0.15) is 6.61 Å². The van der Waals surface area contributed by atoms with Gasteiger partial charge in [-0.1, -0.05) is 37.3 Å². The molecule has 0 aliphatic rings. The number of Topliss-reactive ketones (excluding diaryl/α,β-unsaturated/α-hetero) is 1. The maximum Gasteiger partial charge on any atom is 0.379 e. The topological polar surface area (TPSA) is 91.3 Å². The van der Waals surface area contributed by atoms with Gasteiger partial charge >= 0.3 is 14.5 Å². The summed E-state index contributed by atoms with van der Waals surface area (Å²) in [5, 5.41) is 10.0. The van der Waals surface area contributed by atoms with E-state index in [9.17, 15) is 14.7 Å². The van der Waals surface area contributed by atoms with E-state index < -0.39 is 42.4 Å². The van der Waals surface area contributed by atoms with Crippen molar-refractivity contribution >= 4 is 36.9 Å². The molecule has 1 aromatic carbocycles. The van der Waals surface area contributed by atoms with E-state index >= 15 is 0 Å². The third-order valence-electron chi connectivity index (χ3n) is 5.19. The van der Waals surface area contributed by atoms with Gasteiger partial charge in [0.25, 0.3) is 5.78 Å². The van der Waals surface area contributed by atoms with E-state index in [4.69, 9.17) is 17.7 Å². The average molecular weight is 529 g/mol. The smallest absolute Gasteiger partial charge is 0.379 e. The molecule has 194 valence electrons. The molecule has 0 saturated heterocycles. The Labute approximate surface area is 208 Å². The Morgan fingerprint density at radius 2 is 1.47 bits per heavy atom. The van der Waals surface area contributed by atoms with Crippen LogP contribution in [0, 0.1) is 5.41 Å². The lowest BCUT2D eigenvalue weighted by Gasteiger charge is -2.38. The first kappa shape index (κ1) is 30.9. The number of benzene rings is 1. The highest BCUT2D eigenvalue weighted by Crippen LogP contribution is 2.26. The van der Waals surface area contributed by atoms with Crippen LogP contribution in [-0.2, 0) is 22.5 Å². The van der Waals surface area contributed by atoms with Gasteiger partial charge in [-0.25, -0.2) is 4.79 Å². The van der Waals surface area contributed by atoms with Gasteiger partial charge in [-0.2, -0.15) is 0 Å². The first-order valence-electron chi connectivity index (χ1n) is 12.0. The van der Waals surface area contributed by atoms with Crippen LogP contribution in [0.15, 0.2) is 30.3 Å². The molecule has 0 amide bonds. The summed E-state index contributed by atoms with van der Waals surface area (Å²) in [5.74, 6) is -1.62. The fourth-order valence-corrected chi connectivity index (χ4v) is 16.2. The Morgan fingerprint density at radius 1 is 0.912 bits per heavy atom. The molecular formula is C24H44O7Si3. The molecule has 1 aromatic rings. The SMILES string of the molecule is CCC(CO)(COCCC[Si](C)(O[Si](C)(C)C)O[Si](C)(C)C)COC(=O)C(=O)c1ccccc1. The molecule has 1 N–H and O–H groups in total. The second-order valence-corrected chi connectivity index (χ2v) is 23.9. The molecule has 1 unspecified atom stereocenters. The molecule has 0 aromatic heterocycles. The fourth-order valence-electron chi connectivity index (χ4n) is 3.64. The number of aliphatic hydroxyl groups excluding tert-OH is 1. The molecule has 0 aliphatic heterocycles. The van der Waals surface area contributed by atoms with Crippen LogP contribution in [0.2, 0.25) is 51.9 Å². The maximum absolute atomic E-state index is 12.2. The highest BCUT2D eigenvalue weighted by Gasteiger charge is 2.40. The van der Waals surface area contributed by atoms with Crippen molar-refractivity contribution in [2.45, 2.75) is 71.6 Å². The van der Waals surface area contributed by atoms with Crippen LogP contribution in [0.4, 0.5) is 0 Å². The number of hydrogen-bond donors (Lipinski definition) is 1. The van der Waals surface area contributed by atoms with Gasteiger partial charge in [0.2, 0.25) is 0 Å². The molecule has 10 heteroatoms. The summed E-state index contributed by atoms with van der Waals surface area (Å²) in [6.07, 6.45) is 1.33. The third kappa shape index (κ3) is 11.5. The first-order chi connectivity index (χ1) is 15.6. The number of hydrogen-bond acceptors (Lipinski definition) is 7. The minimum Gasteiger partial charge on any atom is -0.459 e. The molecule has 0 saturated carbocycles. The number of rotatable bonds is 16. The summed E-state index contributed by atoms with van der Waals surface area (Å²) >= 11 is 0. The van der Waals surface area contributed by atoms with E-state index in [0.717, 1.165) is 12.5 Å². The van der Waals surface area contributed by atoms with Gasteiger partial charge in [0, 0.05) is 12.2 Å². The lowest BCUT2D eigenvalue weighted by Crippen LogP contribution is -2.52. The van der Waals surface area contributed by atoms with Crippen molar-refractivity contribution in [2.24, 2.45) is 5.41 Å². The Hall–Kier alpha value is -1.15. The largest absolute Gasteiger partial charge is 0.459 e. The van der Waals surface area contributed by atoms with Crippen LogP contribution in [-0.4, -0.2) is 68.5 Å². The Bertz CT molecular complexity index is 753. The number of carbonyl (C=O) groups excluding carboxylic acids is 2. The summed E-state index contributed by atoms with van der Waals surface area (Å²) in [6.45, 7) is 17.6. The standard InChI is InChI=1S/C24H44O7Si3/c1-9-24(18-25,20-29-23(27)22(26)21-14-11-10-12-15-21)19-28-16-13-17-34(8,30-32(2,3)4)31-33(5,6)7/h10-12,14-15,25H,9,13,16-20H2,1-8H3. The van der Waals surface area contributed by atoms with Crippen molar-refractivity contribution < 1.29 is 32.4 Å². The highest BCUT2D eigenvalue weighted by atomic mass is 28.5. The second kappa shape index (κ2) is 13.2. The van der Waals surface area contributed by atoms with Crippen molar-refractivity contribution in [3.05, 3.63) is 35.9 Å². The van der Waals surface area contributed by atoms with Gasteiger partial charge in [0.05, 0.1) is 18.6 Å². The van der Waals surface area contributed by atoms with Crippen LogP contribution < -0.4 is 0 Å². The van der Waals surface area contributed by atoms with Crippen LogP contribution in [0.3, 0.4) is 0 Å². The Kier molecular flexibility index (Phi) is 12.0. The van der Waals surface area contributed by atoms with E-state index in [0.29, 0.717) is 13.0 Å². The zero-order chi connectivity index (χ0) is 26.0. The number of ketones is 1. The minimum absolute atomic E-state index is 0.0820. The van der Waals surface area contributed by atoms with Crippen molar-refractivity contribution in [1.29, 1.82) is 0 Å². The summed E-state index contributed by atoms with van der Waals surface area (Å²) in [4.78, 5) is 24.5. The van der Waals surface area contributed by atoms with Crippen LogP contribution in [0.5, 0.6) is 0 Å². The maximum atomic E-state index is 12.2. The van der Waals surface area contributed by atoms with Crippen LogP contribution in [0.1, 0.15) is 30.1 Å². The Balaban J connectivity index is 2.61. The quantitative estimate of drug-likeness (QED) is 0.106. The fraction of sp³-hybridized carbons (Fsp3) is 0.667. The zero-order valence-corrected chi connectivity index (χ0v) is 25.2. The summed E-state index contributed by atoms with van der Waals surface area (Å²) < 4.78 is 24.2. The third-order valence-corrected chi connectivity index (χ3v) is 14.8. The molecule has 0 heterocycles. The van der Waals surface area contributed by atoms with Crippen molar-refractivity contribution in [3.8, 4) is 0 Å². The van der Waals surface area contributed by atoms with Crippen LogP contribution >= 0.6 is 0 Å². The monoisotopic (exact) mass is 528 g/mol. The summed E-state index contributed by atoms with van der Waals surface area (Å²) in [6, 6.07) is 9.12. The predicted octanol–water partition coefficient (Wildman–Crippen LogP) is 4.98. The molecule has 0 aliphatic carbocycles. The molecule has 0 spiro atoms. The molecule has 34 heavy (non-hydrogen) atoms. The number of ether oxygens (including phenoxy) is 2. The van der Waals surface area contributed by atoms with Crippen LogP contribution in [0.25, 0.3) is 0 Å². The average Bonchev–Trinajstić information content (AvgIpc) is 2.73. The van der Waals surface area contributed by atoms with E-state index in [1.165, 1.54) is 0 Å². The van der Waals surface area contributed by atoms with Gasteiger partial charge in [0.15, 0.2) is 16.6 Å². The van der Waals surface area contributed by atoms with E-state index in [1.54, 1.807) is 30.3 Å². The number of aliphatic hydroxyl groups is 1.